The topological polar surface area (TPSA) is 41.6 Å². The van der Waals surface area contributed by atoms with E-state index in [2.05, 4.69) is 35.6 Å². The molecule has 1 amide bonds. The molecule has 1 unspecified atom stereocenters. The maximum absolute atomic E-state index is 12.3. The molecule has 1 fully saturated rings. The number of halogens is 1. The van der Waals surface area contributed by atoms with Crippen LogP contribution in [0.2, 0.25) is 0 Å². The molecule has 1 N–H and O–H groups in total. The van der Waals surface area contributed by atoms with Crippen molar-refractivity contribution < 1.29 is 9.53 Å². The maximum Gasteiger partial charge on any atom is 0.242 e. The zero-order chi connectivity index (χ0) is 14.7. The van der Waals surface area contributed by atoms with Crippen LogP contribution in [0.25, 0.3) is 10.8 Å². The van der Waals surface area contributed by atoms with Crippen LogP contribution in [-0.4, -0.2) is 43.7 Å². The van der Waals surface area contributed by atoms with E-state index in [-0.39, 0.29) is 24.4 Å². The molecule has 3 rings (SSSR count). The van der Waals surface area contributed by atoms with Crippen LogP contribution < -0.4 is 5.32 Å². The van der Waals surface area contributed by atoms with Crippen LogP contribution in [0.4, 0.5) is 0 Å². The van der Waals surface area contributed by atoms with Crippen LogP contribution in [0, 0.1) is 0 Å². The van der Waals surface area contributed by atoms with Crippen molar-refractivity contribution in [3.8, 4) is 0 Å². The maximum atomic E-state index is 12.3. The summed E-state index contributed by atoms with van der Waals surface area (Å²) >= 11 is 0. The highest BCUT2D eigenvalue weighted by Gasteiger charge is 2.24. The molecule has 0 radical (unpaired) electrons. The van der Waals surface area contributed by atoms with Gasteiger partial charge in [-0.15, -0.1) is 12.4 Å². The van der Waals surface area contributed by atoms with Gasteiger partial charge in [0, 0.05) is 20.1 Å². The first-order chi connectivity index (χ1) is 10.2. The number of nitrogens with zero attached hydrogens (tertiary/aromatic N) is 1. The molecule has 1 heterocycles. The summed E-state index contributed by atoms with van der Waals surface area (Å²) in [6.07, 6.45) is 0. The molecule has 1 aliphatic heterocycles. The third-order valence-corrected chi connectivity index (χ3v) is 3.83. The molecule has 0 saturated carbocycles. The van der Waals surface area contributed by atoms with E-state index >= 15 is 0 Å². The Labute approximate surface area is 136 Å². The van der Waals surface area contributed by atoms with Gasteiger partial charge >= 0.3 is 0 Å². The number of morpholine rings is 1. The molecule has 2 aromatic carbocycles. The Morgan fingerprint density at radius 3 is 2.77 bits per heavy atom. The van der Waals surface area contributed by atoms with Crippen LogP contribution in [0.5, 0.6) is 0 Å². The van der Waals surface area contributed by atoms with Crippen LogP contribution in [0.15, 0.2) is 42.5 Å². The molecule has 118 valence electrons. The Morgan fingerprint density at radius 1 is 1.27 bits per heavy atom. The highest BCUT2D eigenvalue weighted by atomic mass is 35.5. The van der Waals surface area contributed by atoms with Crippen LogP contribution >= 0.6 is 12.4 Å². The summed E-state index contributed by atoms with van der Waals surface area (Å²) in [7, 11) is 1.84. The number of hydrogen-bond acceptors (Lipinski definition) is 3. The predicted molar refractivity (Wildman–Crippen MR) is 90.3 cm³/mol. The van der Waals surface area contributed by atoms with Gasteiger partial charge in [0.05, 0.1) is 13.2 Å². The van der Waals surface area contributed by atoms with Crippen molar-refractivity contribution in [3.05, 3.63) is 48.0 Å². The molecule has 22 heavy (non-hydrogen) atoms. The van der Waals surface area contributed by atoms with Crippen LogP contribution in [0.1, 0.15) is 5.56 Å². The van der Waals surface area contributed by atoms with E-state index in [4.69, 9.17) is 4.74 Å². The number of nitrogens with one attached hydrogen (secondary N) is 1. The SMILES string of the molecule is CN(Cc1ccc2ccccc2c1)C(=O)C1COCCN1.Cl. The van der Waals surface area contributed by atoms with Gasteiger partial charge in [0.2, 0.25) is 5.91 Å². The average Bonchev–Trinajstić information content (AvgIpc) is 2.55. The molecular formula is C17H21ClN2O2. The largest absolute Gasteiger partial charge is 0.378 e. The first kappa shape index (κ1) is 16.7. The molecule has 0 bridgehead atoms. The molecule has 0 spiro atoms. The van der Waals surface area contributed by atoms with E-state index in [1.165, 1.54) is 10.8 Å². The normalized spacial score (nSPS) is 17.8. The summed E-state index contributed by atoms with van der Waals surface area (Å²) in [6, 6.07) is 14.4. The van der Waals surface area contributed by atoms with Crippen molar-refractivity contribution in [2.75, 3.05) is 26.8 Å². The number of rotatable bonds is 3. The van der Waals surface area contributed by atoms with Crippen molar-refractivity contribution >= 4 is 29.1 Å². The second-order valence-corrected chi connectivity index (χ2v) is 5.46. The standard InChI is InChI=1S/C17H20N2O2.ClH/c1-19(17(20)16-12-21-9-8-18-16)11-13-6-7-14-4-2-3-5-15(14)10-13;/h2-7,10,16,18H,8-9,11-12H2,1H3;1H. The van der Waals surface area contributed by atoms with E-state index in [0.29, 0.717) is 19.8 Å². The van der Waals surface area contributed by atoms with E-state index in [1.54, 1.807) is 4.90 Å². The lowest BCUT2D eigenvalue weighted by Crippen LogP contribution is -2.51. The lowest BCUT2D eigenvalue weighted by molar-refractivity contribution is -0.135. The fourth-order valence-corrected chi connectivity index (χ4v) is 2.68. The second kappa shape index (κ2) is 7.58. The number of fused-ring (bicyclic) bond motifs is 1. The monoisotopic (exact) mass is 320 g/mol. The minimum absolute atomic E-state index is 0. The Balaban J connectivity index is 0.00000176. The number of benzene rings is 2. The fourth-order valence-electron chi connectivity index (χ4n) is 2.68. The van der Waals surface area contributed by atoms with Gasteiger partial charge in [-0.05, 0) is 22.4 Å². The van der Waals surface area contributed by atoms with Crippen molar-refractivity contribution in [3.63, 3.8) is 0 Å². The van der Waals surface area contributed by atoms with Crippen molar-refractivity contribution in [1.82, 2.24) is 10.2 Å². The van der Waals surface area contributed by atoms with Crippen molar-refractivity contribution in [2.24, 2.45) is 0 Å². The van der Waals surface area contributed by atoms with Gasteiger partial charge in [-0.25, -0.2) is 0 Å². The van der Waals surface area contributed by atoms with Crippen LogP contribution in [0.3, 0.4) is 0 Å². The Morgan fingerprint density at radius 2 is 2.05 bits per heavy atom. The molecular weight excluding hydrogens is 300 g/mol. The zero-order valence-electron chi connectivity index (χ0n) is 12.6. The third-order valence-electron chi connectivity index (χ3n) is 3.83. The quantitative estimate of drug-likeness (QED) is 0.942. The molecule has 1 aliphatic rings. The number of carbonyl (C=O) groups is 1. The smallest absolute Gasteiger partial charge is 0.242 e. The van der Waals surface area contributed by atoms with E-state index in [9.17, 15) is 4.79 Å². The van der Waals surface area contributed by atoms with Gasteiger partial charge in [0.15, 0.2) is 0 Å². The van der Waals surface area contributed by atoms with Crippen molar-refractivity contribution in [1.29, 1.82) is 0 Å². The third kappa shape index (κ3) is 3.77. The first-order valence-corrected chi connectivity index (χ1v) is 7.28. The number of carbonyl (C=O) groups excluding carboxylic acids is 1. The van der Waals surface area contributed by atoms with E-state index in [0.717, 1.165) is 12.1 Å². The molecule has 0 aliphatic carbocycles. The highest BCUT2D eigenvalue weighted by molar-refractivity contribution is 5.85. The molecule has 5 heteroatoms. The number of amides is 1. The van der Waals surface area contributed by atoms with E-state index in [1.807, 2.05) is 19.2 Å². The summed E-state index contributed by atoms with van der Waals surface area (Å²) in [4.78, 5) is 14.1. The van der Waals surface area contributed by atoms with Crippen molar-refractivity contribution in [2.45, 2.75) is 12.6 Å². The number of ether oxygens (including phenoxy) is 1. The Bertz CT molecular complexity index is 641. The minimum atomic E-state index is -0.218. The summed E-state index contributed by atoms with van der Waals surface area (Å²) in [5.41, 5.74) is 1.14. The Hall–Kier alpha value is -1.62. The van der Waals surface area contributed by atoms with Gasteiger partial charge in [-0.1, -0.05) is 36.4 Å². The zero-order valence-corrected chi connectivity index (χ0v) is 13.4. The van der Waals surface area contributed by atoms with Gasteiger partial charge in [-0.2, -0.15) is 0 Å². The minimum Gasteiger partial charge on any atom is -0.378 e. The van der Waals surface area contributed by atoms with Gasteiger partial charge in [-0.3, -0.25) is 4.79 Å². The van der Waals surface area contributed by atoms with Gasteiger partial charge in [0.1, 0.15) is 6.04 Å². The highest BCUT2D eigenvalue weighted by Crippen LogP contribution is 2.16. The van der Waals surface area contributed by atoms with Crippen LogP contribution in [-0.2, 0) is 16.1 Å². The summed E-state index contributed by atoms with van der Waals surface area (Å²) in [5.74, 6) is 0.0860. The molecule has 1 saturated heterocycles. The van der Waals surface area contributed by atoms with E-state index < -0.39 is 0 Å². The molecule has 4 nitrogen and oxygen atoms in total. The summed E-state index contributed by atoms with van der Waals surface area (Å²) in [6.45, 7) is 2.49. The molecule has 2 aromatic rings. The fraction of sp³-hybridized carbons (Fsp3) is 0.353. The van der Waals surface area contributed by atoms with Gasteiger partial charge in [0.25, 0.3) is 0 Å². The molecule has 1 atom stereocenters. The predicted octanol–water partition coefficient (Wildman–Crippen LogP) is 2.21. The summed E-state index contributed by atoms with van der Waals surface area (Å²) in [5, 5.41) is 5.62. The average molecular weight is 321 g/mol. The molecule has 0 aromatic heterocycles. The Kier molecular flexibility index (Phi) is 5.77. The van der Waals surface area contributed by atoms with Gasteiger partial charge < -0.3 is 15.0 Å². The lowest BCUT2D eigenvalue weighted by atomic mass is 10.1. The number of hydrogen-bond donors (Lipinski definition) is 1. The lowest BCUT2D eigenvalue weighted by Gasteiger charge is -2.27. The number of likely N-dealkylation sites (N-methyl/N-ethyl adjacent to an activating group) is 1. The first-order valence-electron chi connectivity index (χ1n) is 7.28. The summed E-state index contributed by atoms with van der Waals surface area (Å²) < 4.78 is 5.35. The second-order valence-electron chi connectivity index (χ2n) is 5.46.